The lowest BCUT2D eigenvalue weighted by Gasteiger charge is -2.35. The molecule has 0 spiro atoms. The fraction of sp³-hybridized carbons (Fsp3) is 0.323. The van der Waals surface area contributed by atoms with Crippen molar-refractivity contribution in [3.63, 3.8) is 0 Å². The van der Waals surface area contributed by atoms with Crippen molar-refractivity contribution in [3.8, 4) is 5.75 Å². The third kappa shape index (κ3) is 5.52. The summed E-state index contributed by atoms with van der Waals surface area (Å²) >= 11 is 0. The summed E-state index contributed by atoms with van der Waals surface area (Å²) < 4.78 is 13.4. The molecule has 2 amide bonds. The number of rotatable bonds is 7. The van der Waals surface area contributed by atoms with Crippen LogP contribution in [0.2, 0.25) is 0 Å². The van der Waals surface area contributed by atoms with Crippen LogP contribution in [0.15, 0.2) is 78.9 Å². The molecule has 1 atom stereocenters. The number of benzene rings is 3. The number of fused-ring (bicyclic) bond motifs is 1. The van der Waals surface area contributed by atoms with Crippen LogP contribution in [-0.4, -0.2) is 70.3 Å². The van der Waals surface area contributed by atoms with Crippen molar-refractivity contribution < 1.29 is 19.1 Å². The van der Waals surface area contributed by atoms with Crippen molar-refractivity contribution >= 4 is 22.7 Å². The van der Waals surface area contributed by atoms with Gasteiger partial charge in [-0.25, -0.2) is 0 Å². The van der Waals surface area contributed by atoms with Gasteiger partial charge in [-0.2, -0.15) is 5.10 Å². The van der Waals surface area contributed by atoms with E-state index in [4.69, 9.17) is 14.6 Å². The van der Waals surface area contributed by atoms with Gasteiger partial charge in [-0.05, 0) is 42.2 Å². The maximum Gasteiger partial charge on any atom is 0.275 e. The second-order valence-electron chi connectivity index (χ2n) is 10.1. The predicted molar refractivity (Wildman–Crippen MR) is 148 cm³/mol. The number of carbonyl (C=O) groups excluding carboxylic acids is 2. The lowest BCUT2D eigenvalue weighted by Crippen LogP contribution is -2.52. The van der Waals surface area contributed by atoms with Crippen LogP contribution in [0.1, 0.15) is 34.5 Å². The molecule has 0 radical (unpaired) electrons. The summed E-state index contributed by atoms with van der Waals surface area (Å²) in [6, 6.07) is 25.9. The van der Waals surface area contributed by atoms with Gasteiger partial charge in [0.1, 0.15) is 18.5 Å². The molecule has 0 saturated carbocycles. The van der Waals surface area contributed by atoms with Crippen LogP contribution < -0.4 is 4.74 Å². The topological polar surface area (TPSA) is 76.9 Å². The number of para-hydroxylation sites is 1. The number of hydrogen-bond donors (Lipinski definition) is 0. The minimum atomic E-state index is -0.323. The average molecular weight is 525 g/mol. The van der Waals surface area contributed by atoms with Crippen LogP contribution in [0.4, 0.5) is 0 Å². The second-order valence-corrected chi connectivity index (χ2v) is 10.1. The van der Waals surface area contributed by atoms with Crippen LogP contribution in [0.25, 0.3) is 10.9 Å². The lowest BCUT2D eigenvalue weighted by molar-refractivity contribution is -0.142. The van der Waals surface area contributed by atoms with Crippen molar-refractivity contribution in [2.24, 2.45) is 0 Å². The Labute approximate surface area is 227 Å². The van der Waals surface area contributed by atoms with Gasteiger partial charge in [-0.1, -0.05) is 60.7 Å². The smallest absolute Gasteiger partial charge is 0.275 e. The number of nitrogens with zero attached hydrogens (tertiary/aromatic N) is 4. The molecule has 0 bridgehead atoms. The highest BCUT2D eigenvalue weighted by molar-refractivity contribution is 6.05. The van der Waals surface area contributed by atoms with Crippen molar-refractivity contribution in [3.05, 3.63) is 95.7 Å². The van der Waals surface area contributed by atoms with Crippen LogP contribution in [0.5, 0.6) is 5.75 Å². The molecule has 6 rings (SSSR count). The quantitative estimate of drug-likeness (QED) is 0.364. The van der Waals surface area contributed by atoms with E-state index in [9.17, 15) is 9.59 Å². The molecule has 3 heterocycles. The molecule has 4 aromatic rings. The molecule has 8 nitrogen and oxygen atoms in total. The summed E-state index contributed by atoms with van der Waals surface area (Å²) in [6.45, 7) is 3.72. The first kappa shape index (κ1) is 25.1. The number of aromatic nitrogens is 2. The fourth-order valence-corrected chi connectivity index (χ4v) is 5.27. The Hall–Kier alpha value is -4.17. The van der Waals surface area contributed by atoms with Crippen LogP contribution in [-0.2, 0) is 22.7 Å². The summed E-state index contributed by atoms with van der Waals surface area (Å²) in [4.78, 5) is 29.9. The van der Waals surface area contributed by atoms with Gasteiger partial charge in [0.15, 0.2) is 5.69 Å². The maximum atomic E-state index is 13.6. The van der Waals surface area contributed by atoms with E-state index in [1.807, 2.05) is 88.4 Å². The first-order valence-corrected chi connectivity index (χ1v) is 13.6. The third-order valence-corrected chi connectivity index (χ3v) is 7.45. The van der Waals surface area contributed by atoms with E-state index in [1.54, 1.807) is 4.90 Å². The normalized spacial score (nSPS) is 17.5. The zero-order chi connectivity index (χ0) is 26.6. The highest BCUT2D eigenvalue weighted by Gasteiger charge is 2.32. The number of carbonyl (C=O) groups is 2. The summed E-state index contributed by atoms with van der Waals surface area (Å²) in [7, 11) is 0. The van der Waals surface area contributed by atoms with Crippen molar-refractivity contribution in [1.82, 2.24) is 19.6 Å². The molecule has 3 aromatic carbocycles. The van der Waals surface area contributed by atoms with Crippen LogP contribution >= 0.6 is 0 Å². The molecule has 39 heavy (non-hydrogen) atoms. The standard InChI is InChI=1S/C31H32N4O4/c36-30(28-11-6-20-38-28)33-16-18-34(19-17-33)31(37)29-26-9-4-5-10-27(26)35(32-29)21-23-12-14-25(15-13-23)39-22-24-7-2-1-3-8-24/h1-5,7-10,12-15,28H,6,11,16-22H2. The SMILES string of the molecule is O=C(c1nn(Cc2ccc(OCc3ccccc3)cc2)c2ccccc12)N1CCN(C(=O)C2CCCO2)CC1. The summed E-state index contributed by atoms with van der Waals surface area (Å²) in [6.07, 6.45) is 1.39. The van der Waals surface area contributed by atoms with Gasteiger partial charge in [-0.3, -0.25) is 14.3 Å². The number of piperazine rings is 1. The van der Waals surface area contributed by atoms with Crippen molar-refractivity contribution in [2.45, 2.75) is 32.1 Å². The first-order valence-electron chi connectivity index (χ1n) is 13.6. The summed E-state index contributed by atoms with van der Waals surface area (Å²) in [5.41, 5.74) is 3.55. The van der Waals surface area contributed by atoms with Crippen LogP contribution in [0.3, 0.4) is 0 Å². The number of ether oxygens (including phenoxy) is 2. The summed E-state index contributed by atoms with van der Waals surface area (Å²) in [5, 5.41) is 5.61. The monoisotopic (exact) mass is 524 g/mol. The van der Waals surface area contributed by atoms with E-state index in [0.717, 1.165) is 40.6 Å². The van der Waals surface area contributed by atoms with Crippen molar-refractivity contribution in [1.29, 1.82) is 0 Å². The zero-order valence-electron chi connectivity index (χ0n) is 21.9. The molecular formula is C31H32N4O4. The number of hydrogen-bond acceptors (Lipinski definition) is 5. The van der Waals surface area contributed by atoms with Crippen molar-refractivity contribution in [2.75, 3.05) is 32.8 Å². The molecule has 2 fully saturated rings. The van der Waals surface area contributed by atoms with Gasteiger partial charge in [-0.15, -0.1) is 0 Å². The lowest BCUT2D eigenvalue weighted by atomic mass is 10.1. The second kappa shape index (κ2) is 11.3. The van der Waals surface area contributed by atoms with E-state index >= 15 is 0 Å². The van der Waals surface area contributed by atoms with Gasteiger partial charge in [0, 0.05) is 38.2 Å². The Morgan fingerprint density at radius 2 is 1.56 bits per heavy atom. The molecule has 1 unspecified atom stereocenters. The Morgan fingerprint density at radius 1 is 0.846 bits per heavy atom. The molecule has 1 aromatic heterocycles. The maximum absolute atomic E-state index is 13.6. The highest BCUT2D eigenvalue weighted by Crippen LogP contribution is 2.23. The molecule has 2 aliphatic rings. The Bertz CT molecular complexity index is 1440. The molecule has 8 heteroatoms. The van der Waals surface area contributed by atoms with Gasteiger partial charge in [0.2, 0.25) is 0 Å². The minimum Gasteiger partial charge on any atom is -0.489 e. The van der Waals surface area contributed by atoms with E-state index in [-0.39, 0.29) is 17.9 Å². The van der Waals surface area contributed by atoms with E-state index < -0.39 is 0 Å². The average Bonchev–Trinajstić information content (AvgIpc) is 3.66. The minimum absolute atomic E-state index is 0.0470. The Morgan fingerprint density at radius 3 is 2.31 bits per heavy atom. The zero-order valence-corrected chi connectivity index (χ0v) is 21.9. The fourth-order valence-electron chi connectivity index (χ4n) is 5.27. The Balaban J connectivity index is 1.12. The molecule has 2 saturated heterocycles. The van der Waals surface area contributed by atoms with E-state index in [1.165, 1.54) is 0 Å². The molecule has 200 valence electrons. The van der Waals surface area contributed by atoms with Gasteiger partial charge >= 0.3 is 0 Å². The molecular weight excluding hydrogens is 492 g/mol. The van der Waals surface area contributed by atoms with Crippen LogP contribution in [0, 0.1) is 0 Å². The summed E-state index contributed by atoms with van der Waals surface area (Å²) in [5.74, 6) is 0.755. The van der Waals surface area contributed by atoms with Gasteiger partial charge in [0.25, 0.3) is 11.8 Å². The van der Waals surface area contributed by atoms with Gasteiger partial charge in [0.05, 0.1) is 12.1 Å². The molecule has 0 N–H and O–H groups in total. The highest BCUT2D eigenvalue weighted by atomic mass is 16.5. The van der Waals surface area contributed by atoms with E-state index in [2.05, 4.69) is 0 Å². The van der Waals surface area contributed by atoms with Gasteiger partial charge < -0.3 is 19.3 Å². The predicted octanol–water partition coefficient (Wildman–Crippen LogP) is 4.13. The molecule has 2 aliphatic heterocycles. The third-order valence-electron chi connectivity index (χ3n) is 7.45. The van der Waals surface area contributed by atoms with E-state index in [0.29, 0.717) is 51.6 Å². The largest absolute Gasteiger partial charge is 0.489 e. The first-order chi connectivity index (χ1) is 19.2. The molecule has 0 aliphatic carbocycles. The number of amides is 2. The Kier molecular flexibility index (Phi) is 7.27.